The van der Waals surface area contributed by atoms with E-state index in [0.717, 1.165) is 17.1 Å². The van der Waals surface area contributed by atoms with E-state index in [-0.39, 0.29) is 11.3 Å². The van der Waals surface area contributed by atoms with Gasteiger partial charge < -0.3 is 5.32 Å². The van der Waals surface area contributed by atoms with E-state index in [1.165, 1.54) is 0 Å². The first-order valence-corrected chi connectivity index (χ1v) is 7.52. The Morgan fingerprint density at radius 3 is 2.67 bits per heavy atom. The van der Waals surface area contributed by atoms with Crippen LogP contribution in [0.15, 0.2) is 42.6 Å². The second-order valence-corrected chi connectivity index (χ2v) is 5.34. The Balaban J connectivity index is 2.16. The lowest BCUT2D eigenvalue weighted by atomic mass is 10.1. The molecular formula is C18H17FN4O. The zero-order chi connectivity index (χ0) is 17.1. The lowest BCUT2D eigenvalue weighted by Gasteiger charge is -2.06. The molecule has 6 heteroatoms. The Labute approximate surface area is 139 Å². The van der Waals surface area contributed by atoms with E-state index in [1.54, 1.807) is 16.9 Å². The van der Waals surface area contributed by atoms with Gasteiger partial charge in [-0.05, 0) is 25.1 Å². The number of nitrogens with one attached hydrogen (secondary N) is 1. The number of aromatic nitrogens is 3. The van der Waals surface area contributed by atoms with Crippen molar-refractivity contribution in [3.05, 3.63) is 59.4 Å². The molecule has 122 valence electrons. The number of carbonyl (C=O) groups is 1. The number of carbonyl (C=O) groups excluding carboxylic acids is 1. The molecule has 0 atom stereocenters. The molecule has 0 radical (unpaired) electrons. The number of hydrogen-bond acceptors (Lipinski definition) is 4. The minimum atomic E-state index is -0.744. The molecule has 3 aromatic rings. The van der Waals surface area contributed by atoms with E-state index in [0.29, 0.717) is 17.5 Å². The summed E-state index contributed by atoms with van der Waals surface area (Å²) in [4.78, 5) is 15.0. The molecule has 2 heterocycles. The number of nitrogens with zero attached hydrogens (tertiary/aromatic N) is 3. The van der Waals surface area contributed by atoms with Gasteiger partial charge in [-0.1, -0.05) is 18.2 Å². The molecule has 0 spiro atoms. The zero-order valence-corrected chi connectivity index (χ0v) is 13.5. The minimum Gasteiger partial charge on any atom is -0.373 e. The van der Waals surface area contributed by atoms with Crippen LogP contribution in [0.5, 0.6) is 0 Å². The third-order valence-electron chi connectivity index (χ3n) is 3.89. The van der Waals surface area contributed by atoms with E-state index in [1.807, 2.05) is 44.3 Å². The first-order chi connectivity index (χ1) is 11.7. The Morgan fingerprint density at radius 2 is 2.04 bits per heavy atom. The molecule has 0 aliphatic carbocycles. The van der Waals surface area contributed by atoms with Gasteiger partial charge in [0.25, 0.3) is 0 Å². The predicted molar refractivity (Wildman–Crippen MR) is 91.3 cm³/mol. The third kappa shape index (κ3) is 2.67. The number of para-hydroxylation sites is 1. The van der Waals surface area contributed by atoms with Gasteiger partial charge in [0.05, 0.1) is 11.4 Å². The Bertz CT molecular complexity index is 874. The smallest absolute Gasteiger partial charge is 0.168 e. The van der Waals surface area contributed by atoms with E-state index in [9.17, 15) is 9.18 Å². The molecule has 0 amide bonds. The highest BCUT2D eigenvalue weighted by molar-refractivity contribution is 5.77. The fraction of sp³-hybridized carbons (Fsp3) is 0.167. The van der Waals surface area contributed by atoms with E-state index >= 15 is 0 Å². The Kier molecular flexibility index (Phi) is 4.37. The quantitative estimate of drug-likeness (QED) is 0.729. The Hall–Kier alpha value is -3.02. The molecule has 0 saturated heterocycles. The van der Waals surface area contributed by atoms with Crippen LogP contribution in [-0.4, -0.2) is 28.1 Å². The molecule has 0 fully saturated rings. The molecule has 5 nitrogen and oxygen atoms in total. The number of pyridine rings is 1. The van der Waals surface area contributed by atoms with Crippen LogP contribution in [0.4, 0.5) is 10.2 Å². The summed E-state index contributed by atoms with van der Waals surface area (Å²) in [5, 5.41) is 7.81. The summed E-state index contributed by atoms with van der Waals surface area (Å²) in [5.74, 6) is 0.845. The molecule has 0 saturated carbocycles. The van der Waals surface area contributed by atoms with Crippen molar-refractivity contribution in [1.29, 1.82) is 0 Å². The second-order valence-electron chi connectivity index (χ2n) is 5.34. The van der Waals surface area contributed by atoms with Crippen molar-refractivity contribution >= 4 is 12.1 Å². The van der Waals surface area contributed by atoms with Gasteiger partial charge in [0.2, 0.25) is 0 Å². The molecule has 1 N–H and O–H groups in total. The number of anilines is 1. The first-order valence-electron chi connectivity index (χ1n) is 7.52. The average Bonchev–Trinajstić information content (AvgIpc) is 2.98. The summed E-state index contributed by atoms with van der Waals surface area (Å²) in [5.41, 5.74) is 3.60. The number of aldehydes is 1. The largest absolute Gasteiger partial charge is 0.373 e. The van der Waals surface area contributed by atoms with Crippen LogP contribution in [0, 0.1) is 6.92 Å². The minimum absolute atomic E-state index is 0.121. The van der Waals surface area contributed by atoms with Crippen LogP contribution < -0.4 is 5.32 Å². The molecular weight excluding hydrogens is 307 g/mol. The number of halogens is 1. The molecule has 1 aromatic carbocycles. The molecule has 2 aromatic heterocycles. The fourth-order valence-corrected chi connectivity index (χ4v) is 2.68. The summed E-state index contributed by atoms with van der Waals surface area (Å²) >= 11 is 0. The summed E-state index contributed by atoms with van der Waals surface area (Å²) in [6.07, 6.45) is 2.11. The van der Waals surface area contributed by atoms with Crippen LogP contribution in [0.25, 0.3) is 16.9 Å². The maximum Gasteiger partial charge on any atom is 0.168 e. The van der Waals surface area contributed by atoms with Crippen molar-refractivity contribution in [2.24, 2.45) is 0 Å². The first kappa shape index (κ1) is 15.9. The standard InChI is InChI=1S/C18H17FN4O/c1-12-17(14-8-13(9-19)16(11-24)21-10-14)22-23(18(12)20-2)15-6-4-3-5-7-15/h3-8,10-11,20H,9H2,1-2H3. The summed E-state index contributed by atoms with van der Waals surface area (Å²) in [6, 6.07) is 11.4. The highest BCUT2D eigenvalue weighted by Crippen LogP contribution is 2.30. The van der Waals surface area contributed by atoms with Gasteiger partial charge >= 0.3 is 0 Å². The second kappa shape index (κ2) is 6.62. The fourth-order valence-electron chi connectivity index (χ4n) is 2.68. The SMILES string of the molecule is CNc1c(C)c(-c2cnc(C=O)c(CF)c2)nn1-c1ccccc1. The molecule has 0 aliphatic heterocycles. The van der Waals surface area contributed by atoms with Crippen LogP contribution in [-0.2, 0) is 6.67 Å². The van der Waals surface area contributed by atoms with Gasteiger partial charge in [-0.2, -0.15) is 5.10 Å². The van der Waals surface area contributed by atoms with Crippen molar-refractivity contribution in [3.63, 3.8) is 0 Å². The van der Waals surface area contributed by atoms with Crippen molar-refractivity contribution in [2.45, 2.75) is 13.6 Å². The number of benzene rings is 1. The van der Waals surface area contributed by atoms with Crippen LogP contribution >= 0.6 is 0 Å². The summed E-state index contributed by atoms with van der Waals surface area (Å²) < 4.78 is 14.9. The number of alkyl halides is 1. The summed E-state index contributed by atoms with van der Waals surface area (Å²) in [6.45, 7) is 1.20. The van der Waals surface area contributed by atoms with Gasteiger partial charge in [-0.15, -0.1) is 0 Å². The van der Waals surface area contributed by atoms with E-state index in [2.05, 4.69) is 15.4 Å². The monoisotopic (exact) mass is 324 g/mol. The van der Waals surface area contributed by atoms with Crippen molar-refractivity contribution in [1.82, 2.24) is 14.8 Å². The maximum atomic E-state index is 13.1. The molecule has 3 rings (SSSR count). The van der Waals surface area contributed by atoms with Crippen LogP contribution in [0.2, 0.25) is 0 Å². The highest BCUT2D eigenvalue weighted by Gasteiger charge is 2.17. The van der Waals surface area contributed by atoms with Gasteiger partial charge in [-0.3, -0.25) is 9.78 Å². The Morgan fingerprint density at radius 1 is 1.29 bits per heavy atom. The van der Waals surface area contributed by atoms with Crippen molar-refractivity contribution in [2.75, 3.05) is 12.4 Å². The number of rotatable bonds is 5. The normalized spacial score (nSPS) is 10.6. The van der Waals surface area contributed by atoms with Crippen LogP contribution in [0.1, 0.15) is 21.6 Å². The third-order valence-corrected chi connectivity index (χ3v) is 3.89. The number of hydrogen-bond donors (Lipinski definition) is 1. The maximum absolute atomic E-state index is 13.1. The molecule has 0 bridgehead atoms. The molecule has 0 aliphatic rings. The average molecular weight is 324 g/mol. The van der Waals surface area contributed by atoms with Crippen molar-refractivity contribution < 1.29 is 9.18 Å². The van der Waals surface area contributed by atoms with E-state index < -0.39 is 6.67 Å². The van der Waals surface area contributed by atoms with Gasteiger partial charge in [0.1, 0.15) is 18.2 Å². The topological polar surface area (TPSA) is 59.8 Å². The lowest BCUT2D eigenvalue weighted by molar-refractivity contribution is 0.111. The van der Waals surface area contributed by atoms with Gasteiger partial charge in [0, 0.05) is 29.9 Å². The van der Waals surface area contributed by atoms with E-state index in [4.69, 9.17) is 0 Å². The molecule has 24 heavy (non-hydrogen) atoms. The highest BCUT2D eigenvalue weighted by atomic mass is 19.1. The molecule has 0 unspecified atom stereocenters. The predicted octanol–water partition coefficient (Wildman–Crippen LogP) is 3.57. The lowest BCUT2D eigenvalue weighted by Crippen LogP contribution is -2.02. The zero-order valence-electron chi connectivity index (χ0n) is 13.5. The van der Waals surface area contributed by atoms with Crippen LogP contribution in [0.3, 0.4) is 0 Å². The van der Waals surface area contributed by atoms with Gasteiger partial charge in [-0.25, -0.2) is 9.07 Å². The van der Waals surface area contributed by atoms with Gasteiger partial charge in [0.15, 0.2) is 6.29 Å². The van der Waals surface area contributed by atoms with Crippen molar-refractivity contribution in [3.8, 4) is 16.9 Å². The summed E-state index contributed by atoms with van der Waals surface area (Å²) in [7, 11) is 1.83.